The summed E-state index contributed by atoms with van der Waals surface area (Å²) < 4.78 is 0. The number of amides is 2. The van der Waals surface area contributed by atoms with Crippen molar-refractivity contribution in [3.63, 3.8) is 0 Å². The molecule has 1 heterocycles. The van der Waals surface area contributed by atoms with Gasteiger partial charge in [0.15, 0.2) is 0 Å². The Morgan fingerprint density at radius 1 is 1.17 bits per heavy atom. The van der Waals surface area contributed by atoms with E-state index in [1.165, 1.54) is 0 Å². The predicted octanol–water partition coefficient (Wildman–Crippen LogP) is 2.38. The van der Waals surface area contributed by atoms with Gasteiger partial charge in [0.1, 0.15) is 0 Å². The van der Waals surface area contributed by atoms with Crippen LogP contribution in [0.4, 0.5) is 5.69 Å². The minimum absolute atomic E-state index is 0.120. The fourth-order valence-corrected chi connectivity index (χ4v) is 3.19. The average Bonchev–Trinajstić information content (AvgIpc) is 3.05. The van der Waals surface area contributed by atoms with Crippen LogP contribution < -0.4 is 10.6 Å². The van der Waals surface area contributed by atoms with Crippen LogP contribution in [0.2, 0.25) is 0 Å². The Hall–Kier alpha value is -2.18. The maximum atomic E-state index is 11.9. The highest BCUT2D eigenvalue weighted by Crippen LogP contribution is 2.30. The van der Waals surface area contributed by atoms with Crippen LogP contribution in [-0.4, -0.2) is 29.1 Å². The third kappa shape index (κ3) is 3.78. The van der Waals surface area contributed by atoms with Gasteiger partial charge < -0.3 is 15.7 Å². The monoisotopic (exact) mass is 330 g/mol. The molecule has 0 bridgehead atoms. The molecule has 0 radical (unpaired) electrons. The molecule has 1 aromatic carbocycles. The number of carbonyl (C=O) groups excluding carboxylic acids is 2. The maximum Gasteiger partial charge on any atom is 0.313 e. The van der Waals surface area contributed by atoms with Gasteiger partial charge in [-0.3, -0.25) is 9.59 Å². The molecule has 1 aliphatic rings. The molecule has 3 rings (SSSR count). The summed E-state index contributed by atoms with van der Waals surface area (Å²) in [5.74, 6) is -1.46. The zero-order chi connectivity index (χ0) is 16.3. The number of anilines is 1. The second-order valence-electron chi connectivity index (χ2n) is 5.77. The molecule has 2 amide bonds. The lowest BCUT2D eigenvalue weighted by atomic mass is 9.80. The second kappa shape index (κ2) is 6.52. The third-order valence-corrected chi connectivity index (χ3v) is 4.91. The molecule has 1 saturated carbocycles. The van der Waals surface area contributed by atoms with Crippen LogP contribution in [0.1, 0.15) is 19.3 Å². The van der Waals surface area contributed by atoms with Crippen molar-refractivity contribution in [3.05, 3.63) is 41.8 Å². The van der Waals surface area contributed by atoms with Gasteiger partial charge in [-0.15, -0.1) is 11.3 Å². The molecule has 0 saturated heterocycles. The molecule has 1 fully saturated rings. The van der Waals surface area contributed by atoms with Crippen LogP contribution in [0.25, 0.3) is 10.4 Å². The van der Waals surface area contributed by atoms with Crippen LogP contribution in [0, 0.1) is 0 Å². The Morgan fingerprint density at radius 2 is 2.00 bits per heavy atom. The number of hydrogen-bond acceptors (Lipinski definition) is 4. The highest BCUT2D eigenvalue weighted by molar-refractivity contribution is 7.13. The summed E-state index contributed by atoms with van der Waals surface area (Å²) in [6, 6.07) is 11.3. The first-order chi connectivity index (χ1) is 11.1. The molecule has 0 spiro atoms. The van der Waals surface area contributed by atoms with Crippen molar-refractivity contribution in [2.45, 2.75) is 24.9 Å². The standard InChI is InChI=1S/C17H18N2O3S/c20-15(18-11-17(22)7-3-8-17)16(21)19-13-5-1-4-12(10-13)14-6-2-9-23-14/h1-2,4-6,9-10,22H,3,7-8,11H2,(H,18,20)(H,19,21). The van der Waals surface area contributed by atoms with Crippen LogP contribution in [0.5, 0.6) is 0 Å². The van der Waals surface area contributed by atoms with Crippen molar-refractivity contribution in [2.24, 2.45) is 0 Å². The maximum absolute atomic E-state index is 11.9. The largest absolute Gasteiger partial charge is 0.388 e. The van der Waals surface area contributed by atoms with Gasteiger partial charge in [-0.2, -0.15) is 0 Å². The lowest BCUT2D eigenvalue weighted by molar-refractivity contribution is -0.137. The zero-order valence-electron chi connectivity index (χ0n) is 12.5. The Balaban J connectivity index is 1.59. The Bertz CT molecular complexity index is 708. The number of nitrogens with one attached hydrogen (secondary N) is 2. The van der Waals surface area contributed by atoms with Gasteiger partial charge in [-0.25, -0.2) is 0 Å². The van der Waals surface area contributed by atoms with E-state index < -0.39 is 17.4 Å². The first kappa shape index (κ1) is 15.7. The molecule has 0 aliphatic heterocycles. The van der Waals surface area contributed by atoms with E-state index >= 15 is 0 Å². The summed E-state index contributed by atoms with van der Waals surface area (Å²) in [4.78, 5) is 24.8. The van der Waals surface area contributed by atoms with Crippen molar-refractivity contribution in [2.75, 3.05) is 11.9 Å². The van der Waals surface area contributed by atoms with Crippen molar-refractivity contribution in [1.29, 1.82) is 0 Å². The Morgan fingerprint density at radius 3 is 2.65 bits per heavy atom. The molecule has 6 heteroatoms. The number of thiophene rings is 1. The second-order valence-corrected chi connectivity index (χ2v) is 6.72. The van der Waals surface area contributed by atoms with Crippen LogP contribution in [0.15, 0.2) is 41.8 Å². The van der Waals surface area contributed by atoms with Gasteiger partial charge in [0.25, 0.3) is 0 Å². The van der Waals surface area contributed by atoms with Crippen molar-refractivity contribution in [3.8, 4) is 10.4 Å². The van der Waals surface area contributed by atoms with Crippen LogP contribution in [0.3, 0.4) is 0 Å². The summed E-state index contributed by atoms with van der Waals surface area (Å²) in [7, 11) is 0. The summed E-state index contributed by atoms with van der Waals surface area (Å²) in [5, 5.41) is 17.0. The summed E-state index contributed by atoms with van der Waals surface area (Å²) >= 11 is 1.61. The number of benzene rings is 1. The molecule has 23 heavy (non-hydrogen) atoms. The van der Waals surface area contributed by atoms with Gasteiger partial charge in [0.2, 0.25) is 0 Å². The fraction of sp³-hybridized carbons (Fsp3) is 0.294. The summed E-state index contributed by atoms with van der Waals surface area (Å²) in [6.07, 6.45) is 2.28. The Kier molecular flexibility index (Phi) is 4.45. The average molecular weight is 330 g/mol. The number of aliphatic hydroxyl groups is 1. The van der Waals surface area contributed by atoms with E-state index in [0.29, 0.717) is 18.5 Å². The van der Waals surface area contributed by atoms with E-state index in [4.69, 9.17) is 0 Å². The van der Waals surface area contributed by atoms with Crippen LogP contribution in [-0.2, 0) is 9.59 Å². The molecular formula is C17H18N2O3S. The zero-order valence-corrected chi connectivity index (χ0v) is 13.4. The molecule has 1 aliphatic carbocycles. The molecule has 5 nitrogen and oxygen atoms in total. The molecule has 120 valence electrons. The van der Waals surface area contributed by atoms with Crippen molar-refractivity contribution < 1.29 is 14.7 Å². The molecule has 1 aromatic heterocycles. The van der Waals surface area contributed by atoms with Gasteiger partial charge >= 0.3 is 11.8 Å². The minimum atomic E-state index is -0.838. The topological polar surface area (TPSA) is 78.4 Å². The smallest absolute Gasteiger partial charge is 0.313 e. The molecule has 2 aromatic rings. The molecular weight excluding hydrogens is 312 g/mol. The summed E-state index contributed by atoms with van der Waals surface area (Å²) in [5.41, 5.74) is 0.718. The molecule has 0 atom stereocenters. The first-order valence-corrected chi connectivity index (χ1v) is 8.39. The van der Waals surface area contributed by atoms with Gasteiger partial charge in [-0.1, -0.05) is 18.2 Å². The quantitative estimate of drug-likeness (QED) is 0.753. The van der Waals surface area contributed by atoms with E-state index in [1.54, 1.807) is 17.4 Å². The van der Waals surface area contributed by atoms with Crippen LogP contribution >= 0.6 is 11.3 Å². The lowest BCUT2D eigenvalue weighted by Crippen LogP contribution is -2.49. The van der Waals surface area contributed by atoms with E-state index in [0.717, 1.165) is 16.9 Å². The highest BCUT2D eigenvalue weighted by Gasteiger charge is 2.35. The van der Waals surface area contributed by atoms with Crippen molar-refractivity contribution >= 4 is 28.8 Å². The van der Waals surface area contributed by atoms with E-state index in [2.05, 4.69) is 10.6 Å². The predicted molar refractivity (Wildman–Crippen MR) is 90.2 cm³/mol. The molecule has 3 N–H and O–H groups in total. The molecule has 0 unspecified atom stereocenters. The lowest BCUT2D eigenvalue weighted by Gasteiger charge is -2.36. The summed E-state index contributed by atoms with van der Waals surface area (Å²) in [6.45, 7) is 0.120. The highest BCUT2D eigenvalue weighted by atomic mass is 32.1. The van der Waals surface area contributed by atoms with E-state index in [9.17, 15) is 14.7 Å². The number of carbonyl (C=O) groups is 2. The van der Waals surface area contributed by atoms with E-state index in [1.807, 2.05) is 35.7 Å². The number of hydrogen-bond donors (Lipinski definition) is 3. The minimum Gasteiger partial charge on any atom is -0.388 e. The normalized spacial score (nSPS) is 15.5. The first-order valence-electron chi connectivity index (χ1n) is 7.51. The van der Waals surface area contributed by atoms with E-state index in [-0.39, 0.29) is 6.54 Å². The fourth-order valence-electron chi connectivity index (χ4n) is 2.47. The Labute approximate surface area is 138 Å². The van der Waals surface area contributed by atoms with Gasteiger partial charge in [0, 0.05) is 17.1 Å². The van der Waals surface area contributed by atoms with Gasteiger partial charge in [-0.05, 0) is 48.4 Å². The SMILES string of the molecule is O=C(NCC1(O)CCC1)C(=O)Nc1cccc(-c2cccs2)c1. The van der Waals surface area contributed by atoms with Gasteiger partial charge in [0.05, 0.1) is 5.60 Å². The number of rotatable bonds is 4. The van der Waals surface area contributed by atoms with Crippen molar-refractivity contribution in [1.82, 2.24) is 5.32 Å². The third-order valence-electron chi connectivity index (χ3n) is 3.99.